The minimum atomic E-state index is -0.133. The highest BCUT2D eigenvalue weighted by molar-refractivity contribution is 6.08. The maximum atomic E-state index is 6.77. The summed E-state index contributed by atoms with van der Waals surface area (Å²) < 4.78 is 6.77. The minimum absolute atomic E-state index is 0.0195. The summed E-state index contributed by atoms with van der Waals surface area (Å²) >= 11 is 0. The highest BCUT2D eigenvalue weighted by Crippen LogP contribution is 2.50. The summed E-state index contributed by atoms with van der Waals surface area (Å²) in [4.78, 5) is 15.4. The summed E-state index contributed by atoms with van der Waals surface area (Å²) in [5, 5.41) is 2.24. The average molecular weight is 786 g/mol. The fourth-order valence-electron chi connectivity index (χ4n) is 9.47. The van der Waals surface area contributed by atoms with Crippen LogP contribution in [0.5, 0.6) is 0 Å². The van der Waals surface area contributed by atoms with Crippen LogP contribution in [0, 0.1) is 0 Å². The van der Waals surface area contributed by atoms with Gasteiger partial charge in [0.2, 0.25) is 0 Å². The fourth-order valence-corrected chi connectivity index (χ4v) is 9.47. The third kappa shape index (κ3) is 6.61. The lowest BCUT2D eigenvalue weighted by Gasteiger charge is -2.25. The van der Waals surface area contributed by atoms with Crippen molar-refractivity contribution >= 4 is 21.9 Å². The van der Waals surface area contributed by atoms with E-state index in [9.17, 15) is 0 Å². The van der Waals surface area contributed by atoms with Gasteiger partial charge in [-0.2, -0.15) is 0 Å². The van der Waals surface area contributed by atoms with Crippen molar-refractivity contribution in [1.82, 2.24) is 15.0 Å². The van der Waals surface area contributed by atoms with Gasteiger partial charge in [-0.15, -0.1) is 0 Å². The second-order valence-electron chi connectivity index (χ2n) is 16.7. The van der Waals surface area contributed by atoms with Gasteiger partial charge in [0.05, 0.1) is 0 Å². The van der Waals surface area contributed by atoms with Crippen LogP contribution in [0.3, 0.4) is 0 Å². The highest BCUT2D eigenvalue weighted by Gasteiger charge is 2.36. The summed E-state index contributed by atoms with van der Waals surface area (Å²) in [6.07, 6.45) is 1.78. The molecule has 4 heteroatoms. The molecule has 1 atom stereocenters. The van der Waals surface area contributed by atoms with Crippen molar-refractivity contribution in [2.75, 3.05) is 0 Å². The predicted molar refractivity (Wildman–Crippen MR) is 249 cm³/mol. The lowest BCUT2D eigenvalue weighted by molar-refractivity contribution is 0.654. The molecule has 2 heterocycles. The first-order chi connectivity index (χ1) is 30.0. The summed E-state index contributed by atoms with van der Waals surface area (Å²) in [5.41, 5.74) is 16.0. The van der Waals surface area contributed by atoms with E-state index in [-0.39, 0.29) is 11.3 Å². The van der Waals surface area contributed by atoms with E-state index in [0.29, 0.717) is 17.5 Å². The number of nitrogens with zero attached hydrogens (tertiary/aromatic N) is 3. The van der Waals surface area contributed by atoms with Crippen molar-refractivity contribution in [2.45, 2.75) is 38.0 Å². The molecule has 1 aliphatic rings. The second kappa shape index (κ2) is 15.0. The van der Waals surface area contributed by atoms with Crippen LogP contribution in [-0.4, -0.2) is 15.0 Å². The van der Waals surface area contributed by atoms with E-state index in [1.807, 2.05) is 42.5 Å². The molecule has 0 saturated carbocycles. The number of hydrogen-bond acceptors (Lipinski definition) is 4. The van der Waals surface area contributed by atoms with Crippen molar-refractivity contribution in [2.24, 2.45) is 0 Å². The summed E-state index contributed by atoms with van der Waals surface area (Å²) in [6.45, 7) is 4.73. The van der Waals surface area contributed by atoms with E-state index in [4.69, 9.17) is 19.4 Å². The van der Waals surface area contributed by atoms with Crippen LogP contribution in [0.4, 0.5) is 0 Å². The Balaban J connectivity index is 1.11. The number of fused-ring (bicyclic) bond motifs is 6. The number of para-hydroxylation sites is 1. The molecule has 10 aromatic rings. The standard InChI is InChI=1S/C57H43N3O/c1-57(2)49-24-14-12-22-45(49)46-33-31-42(35-50(46)57)44(32-28-37-26-29-39(30-27-37)38-16-6-3-7-17-38)48-34-43(36-52-53(48)47-23-13-15-25-51(47)61-52)56-59-54(40-18-8-4-9-19-40)58-55(60-56)41-20-10-5-11-21-41/h3-27,29-31,33-36,44H,28,32H2,1-2H3. The van der Waals surface area contributed by atoms with Gasteiger partial charge in [0, 0.05) is 38.8 Å². The zero-order chi connectivity index (χ0) is 40.9. The Hall–Kier alpha value is -7.43. The van der Waals surface area contributed by atoms with Crippen LogP contribution in [0.1, 0.15) is 54.0 Å². The number of aryl methyl sites for hydroxylation is 1. The number of hydrogen-bond donors (Lipinski definition) is 0. The Kier molecular flexibility index (Phi) is 9.00. The normalized spacial score (nSPS) is 13.3. The fraction of sp³-hybridized carbons (Fsp3) is 0.105. The molecule has 0 spiro atoms. The molecular weight excluding hydrogens is 743 g/mol. The van der Waals surface area contributed by atoms with Gasteiger partial charge in [0.1, 0.15) is 11.2 Å². The van der Waals surface area contributed by atoms with Crippen LogP contribution in [-0.2, 0) is 11.8 Å². The molecule has 61 heavy (non-hydrogen) atoms. The smallest absolute Gasteiger partial charge is 0.164 e. The maximum Gasteiger partial charge on any atom is 0.164 e. The zero-order valence-electron chi connectivity index (χ0n) is 34.2. The predicted octanol–water partition coefficient (Wildman–Crippen LogP) is 14.5. The largest absolute Gasteiger partial charge is 0.456 e. The molecule has 8 aromatic carbocycles. The van der Waals surface area contributed by atoms with Crippen molar-refractivity contribution in [1.29, 1.82) is 0 Å². The quantitative estimate of drug-likeness (QED) is 0.146. The number of aromatic nitrogens is 3. The van der Waals surface area contributed by atoms with E-state index in [1.165, 1.54) is 50.1 Å². The highest BCUT2D eigenvalue weighted by atomic mass is 16.3. The second-order valence-corrected chi connectivity index (χ2v) is 16.7. The van der Waals surface area contributed by atoms with Crippen molar-refractivity contribution in [3.63, 3.8) is 0 Å². The average Bonchev–Trinajstić information content (AvgIpc) is 3.81. The van der Waals surface area contributed by atoms with Gasteiger partial charge in [-0.25, -0.2) is 15.0 Å². The van der Waals surface area contributed by atoms with E-state index in [1.54, 1.807) is 0 Å². The molecule has 0 amide bonds. The van der Waals surface area contributed by atoms with Crippen LogP contribution in [0.2, 0.25) is 0 Å². The van der Waals surface area contributed by atoms with E-state index in [0.717, 1.165) is 51.5 Å². The van der Waals surface area contributed by atoms with Gasteiger partial charge in [0.15, 0.2) is 17.5 Å². The molecule has 0 radical (unpaired) electrons. The zero-order valence-corrected chi connectivity index (χ0v) is 34.2. The van der Waals surface area contributed by atoms with Gasteiger partial charge >= 0.3 is 0 Å². The molecule has 292 valence electrons. The molecule has 1 unspecified atom stereocenters. The van der Waals surface area contributed by atoms with Crippen LogP contribution in [0.15, 0.2) is 199 Å². The molecule has 0 aliphatic heterocycles. The lowest BCUT2D eigenvalue weighted by Crippen LogP contribution is -2.15. The Morgan fingerprint density at radius 3 is 1.70 bits per heavy atom. The minimum Gasteiger partial charge on any atom is -0.456 e. The van der Waals surface area contributed by atoms with Gasteiger partial charge in [0.25, 0.3) is 0 Å². The Morgan fingerprint density at radius 2 is 1.02 bits per heavy atom. The summed E-state index contributed by atoms with van der Waals surface area (Å²) in [5.74, 6) is 1.89. The van der Waals surface area contributed by atoms with Crippen LogP contribution < -0.4 is 0 Å². The molecule has 0 saturated heterocycles. The monoisotopic (exact) mass is 785 g/mol. The maximum absolute atomic E-state index is 6.77. The Morgan fingerprint density at radius 1 is 0.459 bits per heavy atom. The van der Waals surface area contributed by atoms with Crippen molar-refractivity contribution < 1.29 is 4.42 Å². The molecule has 0 fully saturated rings. The molecular formula is C57H43N3O. The van der Waals surface area contributed by atoms with Gasteiger partial charge in [-0.1, -0.05) is 190 Å². The first-order valence-electron chi connectivity index (χ1n) is 21.2. The molecule has 4 nitrogen and oxygen atoms in total. The van der Waals surface area contributed by atoms with Crippen LogP contribution in [0.25, 0.3) is 78.4 Å². The van der Waals surface area contributed by atoms with Crippen LogP contribution >= 0.6 is 0 Å². The molecule has 1 aliphatic carbocycles. The van der Waals surface area contributed by atoms with Crippen molar-refractivity contribution in [3.05, 3.63) is 222 Å². The van der Waals surface area contributed by atoms with Gasteiger partial charge in [-0.3, -0.25) is 0 Å². The van der Waals surface area contributed by atoms with E-state index >= 15 is 0 Å². The van der Waals surface area contributed by atoms with E-state index < -0.39 is 0 Å². The summed E-state index contributed by atoms with van der Waals surface area (Å²) in [7, 11) is 0. The number of furan rings is 1. The first kappa shape index (κ1) is 36.6. The summed E-state index contributed by atoms with van der Waals surface area (Å²) in [6, 6.07) is 69.0. The van der Waals surface area contributed by atoms with Crippen molar-refractivity contribution in [3.8, 4) is 56.4 Å². The number of benzene rings is 8. The van der Waals surface area contributed by atoms with Gasteiger partial charge < -0.3 is 4.42 Å². The Bertz CT molecular complexity index is 3150. The molecule has 0 N–H and O–H groups in total. The molecule has 11 rings (SSSR count). The molecule has 2 aromatic heterocycles. The van der Waals surface area contributed by atoms with Gasteiger partial charge in [-0.05, 0) is 81.1 Å². The number of rotatable bonds is 9. The first-order valence-corrected chi connectivity index (χ1v) is 21.2. The van der Waals surface area contributed by atoms with E-state index in [2.05, 4.69) is 166 Å². The third-order valence-corrected chi connectivity index (χ3v) is 12.6. The topological polar surface area (TPSA) is 51.8 Å². The third-order valence-electron chi connectivity index (χ3n) is 12.6. The Labute approximate surface area is 356 Å². The lowest BCUT2D eigenvalue weighted by atomic mass is 9.78. The SMILES string of the molecule is CC1(C)c2ccccc2-c2ccc(C(CCc3ccc(-c4ccccc4)cc3)c3cc(-c4nc(-c5ccccc5)nc(-c5ccccc5)n4)cc4oc5ccccc5c34)cc21. The molecule has 0 bridgehead atoms.